The Hall–Kier alpha value is -2.58. The fraction of sp³-hybridized carbons (Fsp3) is 0.476. The summed E-state index contributed by atoms with van der Waals surface area (Å²) in [5.74, 6) is -0.837. The third-order valence-corrected chi connectivity index (χ3v) is 9.50. The number of hydrogen-bond acceptors (Lipinski definition) is 14. The van der Waals surface area contributed by atoms with Gasteiger partial charge < -0.3 is 30.4 Å². The summed E-state index contributed by atoms with van der Waals surface area (Å²) in [6, 6.07) is 0. The summed E-state index contributed by atoms with van der Waals surface area (Å²) in [5.41, 5.74) is 11.5. The molecule has 3 unspecified atom stereocenters. The smallest absolute Gasteiger partial charge is 0.383 e. The lowest BCUT2D eigenvalue weighted by molar-refractivity contribution is -0.0389. The molecule has 6 N–H and O–H groups in total. The number of nitrogens with one attached hydrogen (secondary N) is 1. The lowest BCUT2D eigenvalue weighted by atomic mass is 10.2. The average molecular weight is 694 g/mol. The molecule has 0 bridgehead atoms. The summed E-state index contributed by atoms with van der Waals surface area (Å²) in [4.78, 5) is 40.1. The predicted molar refractivity (Wildman–Crippen MR) is 158 cm³/mol. The van der Waals surface area contributed by atoms with Gasteiger partial charge in [-0.05, 0) is 12.8 Å². The lowest BCUT2D eigenvalue weighted by Gasteiger charge is -2.23. The van der Waals surface area contributed by atoms with Crippen LogP contribution in [0.2, 0.25) is 0 Å². The first kappa shape index (κ1) is 31.4. The second-order valence-corrected chi connectivity index (χ2v) is 15.6. The van der Waals surface area contributed by atoms with E-state index in [1.165, 1.54) is 10.9 Å². The molecule has 238 valence electrons. The topological polar surface area (TPSA) is 247 Å². The number of aromatic amines is 1. The van der Waals surface area contributed by atoms with E-state index in [0.717, 1.165) is 12.5 Å². The number of anilines is 2. The molecular weight excluding hydrogens is 667 g/mol. The SMILES string of the molecule is Nc1nc2c(ncn2[C@H]2CC[C@@H](COP(=O)(S)OC3C[C@H](n4cc(F)c5c(N)ncnc54)O[C@@H]3COP(=O)(O)S)O2)c(=O)[nH]1. The number of hydrogen-bond donors (Lipinski definition) is 6. The Kier molecular flexibility index (Phi) is 8.55. The Balaban J connectivity index is 1.13. The largest absolute Gasteiger partial charge is 0.386 e. The van der Waals surface area contributed by atoms with Gasteiger partial charge in [-0.25, -0.2) is 28.5 Å². The Morgan fingerprint density at radius 1 is 1.09 bits per heavy atom. The molecule has 2 fully saturated rings. The molecule has 0 saturated carbocycles. The maximum absolute atomic E-state index is 14.7. The molecule has 0 aromatic carbocycles. The van der Waals surface area contributed by atoms with Crippen LogP contribution in [0, 0.1) is 5.82 Å². The molecule has 6 rings (SSSR count). The summed E-state index contributed by atoms with van der Waals surface area (Å²) >= 11 is 7.61. The van der Waals surface area contributed by atoms with Crippen LogP contribution in [0.4, 0.5) is 16.2 Å². The van der Waals surface area contributed by atoms with Crippen molar-refractivity contribution in [3.05, 3.63) is 35.0 Å². The molecule has 23 heteroatoms. The van der Waals surface area contributed by atoms with Crippen molar-refractivity contribution in [3.63, 3.8) is 0 Å². The number of thiol groups is 2. The van der Waals surface area contributed by atoms with Crippen LogP contribution >= 0.6 is 38.1 Å². The summed E-state index contributed by atoms with van der Waals surface area (Å²) < 4.78 is 70.7. The summed E-state index contributed by atoms with van der Waals surface area (Å²) in [6.07, 6.45) is 0.542. The van der Waals surface area contributed by atoms with Crippen LogP contribution in [0.3, 0.4) is 0 Å². The van der Waals surface area contributed by atoms with Crippen molar-refractivity contribution < 1.29 is 41.5 Å². The van der Waals surface area contributed by atoms with Crippen LogP contribution in [0.1, 0.15) is 31.7 Å². The van der Waals surface area contributed by atoms with Gasteiger partial charge in [-0.1, -0.05) is 24.5 Å². The van der Waals surface area contributed by atoms with Crippen LogP contribution in [-0.4, -0.2) is 70.5 Å². The zero-order chi connectivity index (χ0) is 31.4. The average Bonchev–Trinajstić information content (AvgIpc) is 3.71. The van der Waals surface area contributed by atoms with Crippen molar-refractivity contribution in [2.75, 3.05) is 24.7 Å². The van der Waals surface area contributed by atoms with Crippen molar-refractivity contribution in [1.82, 2.24) is 34.1 Å². The fourth-order valence-electron chi connectivity index (χ4n) is 5.13. The molecule has 0 radical (unpaired) electrons. The van der Waals surface area contributed by atoms with E-state index in [9.17, 15) is 23.2 Å². The van der Waals surface area contributed by atoms with Gasteiger partial charge in [0.25, 0.3) is 5.56 Å². The van der Waals surface area contributed by atoms with Gasteiger partial charge in [-0.3, -0.25) is 27.9 Å². The standard InChI is InChI=1S/C21H26FN9O9P2S2/c22-10-4-30(18-15(10)17(23)25-7-26-18)14-3-11(12(39-14)6-36-41(33,34)43)40-42(35,44)37-5-9-1-2-13(38-9)31-8-27-16-19(31)28-21(24)29-20(16)32/h4,7-9,11-14H,1-3,5-6H2,(H,35,44)(H2,23,25,26)(H2,33,34,43)(H3,24,28,29,32)/t9-,11?,12+,13+,14+,42?/m0/s1. The molecule has 0 aliphatic carbocycles. The maximum atomic E-state index is 14.7. The zero-order valence-corrected chi connectivity index (χ0v) is 26.0. The Morgan fingerprint density at radius 2 is 1.89 bits per heavy atom. The molecule has 2 aliphatic rings. The molecule has 44 heavy (non-hydrogen) atoms. The van der Waals surface area contributed by atoms with Gasteiger partial charge in [0.05, 0.1) is 31.0 Å². The Bertz CT molecular complexity index is 1870. The molecule has 7 atom stereocenters. The number of aromatic nitrogens is 7. The highest BCUT2D eigenvalue weighted by molar-refractivity contribution is 8.44. The highest BCUT2D eigenvalue weighted by Gasteiger charge is 2.43. The van der Waals surface area contributed by atoms with E-state index >= 15 is 0 Å². The third-order valence-electron chi connectivity index (χ3n) is 7.03. The van der Waals surface area contributed by atoms with Crippen molar-refractivity contribution >= 4 is 72.1 Å². The number of rotatable bonds is 10. The number of nitrogen functional groups attached to an aromatic ring is 2. The molecule has 2 aliphatic heterocycles. The number of fused-ring (bicyclic) bond motifs is 2. The van der Waals surface area contributed by atoms with Crippen molar-refractivity contribution in [2.24, 2.45) is 0 Å². The highest BCUT2D eigenvalue weighted by Crippen LogP contribution is 2.57. The monoisotopic (exact) mass is 693 g/mol. The second-order valence-electron chi connectivity index (χ2n) is 9.97. The summed E-state index contributed by atoms with van der Waals surface area (Å²) in [7, 11) is 0. The minimum Gasteiger partial charge on any atom is -0.383 e. The van der Waals surface area contributed by atoms with Gasteiger partial charge in [-0.2, -0.15) is 4.98 Å². The summed E-state index contributed by atoms with van der Waals surface area (Å²) in [5, 5.41) is -0.0173. The summed E-state index contributed by atoms with van der Waals surface area (Å²) in [6.45, 7) is -8.98. The third kappa shape index (κ3) is 6.53. The predicted octanol–water partition coefficient (Wildman–Crippen LogP) is 2.32. The number of halogens is 1. The molecule has 4 aromatic heterocycles. The van der Waals surface area contributed by atoms with Crippen LogP contribution in [0.15, 0.2) is 23.6 Å². The molecule has 0 amide bonds. The first-order chi connectivity index (χ1) is 20.8. The minimum atomic E-state index is -4.22. The molecule has 6 heterocycles. The normalized spacial score (nSPS) is 26.8. The molecule has 2 saturated heterocycles. The van der Waals surface area contributed by atoms with E-state index in [-0.39, 0.29) is 47.0 Å². The van der Waals surface area contributed by atoms with Crippen LogP contribution in [0.5, 0.6) is 0 Å². The first-order valence-corrected chi connectivity index (χ1v) is 18.4. The van der Waals surface area contributed by atoms with Crippen molar-refractivity contribution in [2.45, 2.75) is 50.0 Å². The number of H-pyrrole nitrogens is 1. The van der Waals surface area contributed by atoms with Gasteiger partial charge in [0.1, 0.15) is 36.8 Å². The molecule has 18 nitrogen and oxygen atoms in total. The fourth-order valence-corrected chi connectivity index (χ4v) is 7.21. The van der Waals surface area contributed by atoms with Crippen LogP contribution < -0.4 is 17.0 Å². The van der Waals surface area contributed by atoms with E-state index in [2.05, 4.69) is 49.4 Å². The Labute approximate surface area is 257 Å². The van der Waals surface area contributed by atoms with Gasteiger partial charge >= 0.3 is 13.6 Å². The molecule has 0 spiro atoms. The van der Waals surface area contributed by atoms with Gasteiger partial charge in [0, 0.05) is 12.6 Å². The van der Waals surface area contributed by atoms with Gasteiger partial charge in [-0.15, -0.1) is 0 Å². The number of nitrogens with zero attached hydrogens (tertiary/aromatic N) is 6. The van der Waals surface area contributed by atoms with Crippen LogP contribution in [0.25, 0.3) is 22.2 Å². The minimum absolute atomic E-state index is 0.0173. The maximum Gasteiger partial charge on any atom is 0.386 e. The zero-order valence-electron chi connectivity index (χ0n) is 22.4. The Morgan fingerprint density at radius 3 is 2.66 bits per heavy atom. The first-order valence-electron chi connectivity index (χ1n) is 12.9. The highest BCUT2D eigenvalue weighted by atomic mass is 32.7. The molecule has 4 aromatic rings. The number of nitrogens with two attached hydrogens (primary N) is 2. The second kappa shape index (κ2) is 12.0. The number of ether oxygens (including phenoxy) is 2. The van der Waals surface area contributed by atoms with Crippen LogP contribution in [-0.2, 0) is 32.2 Å². The van der Waals surface area contributed by atoms with Crippen molar-refractivity contribution in [1.29, 1.82) is 0 Å². The molecular formula is C21H26FN9O9P2S2. The van der Waals surface area contributed by atoms with Gasteiger partial charge in [0.15, 0.2) is 22.6 Å². The van der Waals surface area contributed by atoms with E-state index in [1.54, 1.807) is 4.57 Å². The lowest BCUT2D eigenvalue weighted by Crippen LogP contribution is -2.28. The van der Waals surface area contributed by atoms with E-state index in [0.29, 0.717) is 12.8 Å². The van der Waals surface area contributed by atoms with E-state index < -0.39 is 62.3 Å². The number of imidazole rings is 1. The van der Waals surface area contributed by atoms with Gasteiger partial charge in [0.2, 0.25) is 5.95 Å². The van der Waals surface area contributed by atoms with Crippen molar-refractivity contribution in [3.8, 4) is 0 Å². The van der Waals surface area contributed by atoms with E-state index in [1.807, 2.05) is 0 Å². The van der Waals surface area contributed by atoms with E-state index in [4.69, 9.17) is 34.5 Å². The quantitative estimate of drug-likeness (QED) is 0.103.